The number of likely N-dealkylation sites (tertiary alicyclic amines) is 1. The van der Waals surface area contributed by atoms with Crippen molar-refractivity contribution in [2.45, 2.75) is 52.1 Å². The van der Waals surface area contributed by atoms with Crippen LogP contribution in [0.2, 0.25) is 0 Å². The fraction of sp³-hybridized carbons (Fsp3) is 0.650. The van der Waals surface area contributed by atoms with Gasteiger partial charge in [0.15, 0.2) is 0 Å². The van der Waals surface area contributed by atoms with E-state index in [1.807, 2.05) is 17.0 Å². The SMILES string of the molecule is CON(C)C1CCN(C2CCN(c3c(C)cc(C)cc3C)C2=O)CC1. The van der Waals surface area contributed by atoms with Gasteiger partial charge in [-0.05, 0) is 51.2 Å². The Morgan fingerprint density at radius 2 is 1.64 bits per heavy atom. The monoisotopic (exact) mass is 345 g/mol. The molecule has 1 aromatic carbocycles. The minimum atomic E-state index is 0.0360. The molecular formula is C20H31N3O2. The molecule has 1 atom stereocenters. The zero-order valence-corrected chi connectivity index (χ0v) is 16.2. The van der Waals surface area contributed by atoms with Gasteiger partial charge >= 0.3 is 0 Å². The second-order valence-electron chi connectivity index (χ2n) is 7.54. The summed E-state index contributed by atoms with van der Waals surface area (Å²) in [6.07, 6.45) is 3.03. The molecule has 2 heterocycles. The van der Waals surface area contributed by atoms with Crippen LogP contribution < -0.4 is 4.90 Å². The summed E-state index contributed by atoms with van der Waals surface area (Å²) in [6.45, 7) is 9.10. The highest BCUT2D eigenvalue weighted by atomic mass is 16.7. The summed E-state index contributed by atoms with van der Waals surface area (Å²) >= 11 is 0. The topological polar surface area (TPSA) is 36.0 Å². The Hall–Kier alpha value is -1.43. The fourth-order valence-corrected chi connectivity index (χ4v) is 4.53. The van der Waals surface area contributed by atoms with Crippen molar-refractivity contribution >= 4 is 11.6 Å². The number of carbonyl (C=O) groups is 1. The van der Waals surface area contributed by atoms with E-state index < -0.39 is 0 Å². The summed E-state index contributed by atoms with van der Waals surface area (Å²) < 4.78 is 0. The normalized spacial score (nSPS) is 23.0. The number of aryl methyl sites for hydroxylation is 3. The van der Waals surface area contributed by atoms with Crippen molar-refractivity contribution in [2.75, 3.05) is 38.7 Å². The summed E-state index contributed by atoms with van der Waals surface area (Å²) in [5, 5.41) is 1.94. The van der Waals surface area contributed by atoms with Gasteiger partial charge in [0.2, 0.25) is 5.91 Å². The highest BCUT2D eigenvalue weighted by Gasteiger charge is 2.39. The Labute approximate surface area is 151 Å². The maximum absolute atomic E-state index is 13.1. The maximum Gasteiger partial charge on any atom is 0.244 e. The van der Waals surface area contributed by atoms with Crippen molar-refractivity contribution in [2.24, 2.45) is 0 Å². The van der Waals surface area contributed by atoms with E-state index in [0.29, 0.717) is 6.04 Å². The molecule has 0 aliphatic carbocycles. The molecule has 2 aliphatic heterocycles. The highest BCUT2D eigenvalue weighted by molar-refractivity contribution is 6.00. The standard InChI is InChI=1S/C20H31N3O2/c1-14-12-15(2)19(16(3)13-14)23-11-8-18(20(23)24)22-9-6-17(7-10-22)21(4)25-5/h12-13,17-18H,6-11H2,1-5H3. The lowest BCUT2D eigenvalue weighted by Gasteiger charge is -2.37. The van der Waals surface area contributed by atoms with Gasteiger partial charge in [-0.25, -0.2) is 0 Å². The minimum Gasteiger partial charge on any atom is -0.310 e. The molecule has 2 fully saturated rings. The first-order valence-corrected chi connectivity index (χ1v) is 9.32. The molecule has 5 nitrogen and oxygen atoms in total. The molecule has 138 valence electrons. The van der Waals surface area contributed by atoms with Crippen LogP contribution in [0.15, 0.2) is 12.1 Å². The van der Waals surface area contributed by atoms with E-state index in [4.69, 9.17) is 4.84 Å². The summed E-state index contributed by atoms with van der Waals surface area (Å²) in [4.78, 5) is 22.8. The first-order valence-electron chi connectivity index (χ1n) is 9.32. The molecule has 0 aromatic heterocycles. The lowest BCUT2D eigenvalue weighted by Crippen LogP contribution is -2.49. The van der Waals surface area contributed by atoms with E-state index in [1.54, 1.807) is 7.11 Å². The molecule has 1 unspecified atom stereocenters. The maximum atomic E-state index is 13.1. The predicted octanol–water partition coefficient (Wildman–Crippen LogP) is 2.67. The number of benzene rings is 1. The number of amides is 1. The van der Waals surface area contributed by atoms with Crippen molar-refractivity contribution in [1.82, 2.24) is 9.96 Å². The number of piperidine rings is 1. The number of hydrogen-bond donors (Lipinski definition) is 0. The van der Waals surface area contributed by atoms with Crippen LogP contribution in [0.3, 0.4) is 0 Å². The third-order valence-corrected chi connectivity index (χ3v) is 5.82. The molecule has 0 spiro atoms. The molecule has 1 amide bonds. The van der Waals surface area contributed by atoms with Gasteiger partial charge in [0, 0.05) is 38.4 Å². The van der Waals surface area contributed by atoms with Crippen LogP contribution in [-0.4, -0.2) is 61.7 Å². The van der Waals surface area contributed by atoms with Crippen LogP contribution in [0.4, 0.5) is 5.69 Å². The quantitative estimate of drug-likeness (QED) is 0.786. The zero-order valence-electron chi connectivity index (χ0n) is 16.2. The van der Waals surface area contributed by atoms with Gasteiger partial charge in [0.05, 0.1) is 13.2 Å². The van der Waals surface area contributed by atoms with Crippen LogP contribution >= 0.6 is 0 Å². The Balaban J connectivity index is 1.69. The Morgan fingerprint density at radius 1 is 1.04 bits per heavy atom. The van der Waals surface area contributed by atoms with E-state index in [0.717, 1.165) is 44.6 Å². The predicted molar refractivity (Wildman–Crippen MR) is 101 cm³/mol. The molecule has 0 bridgehead atoms. The van der Waals surface area contributed by atoms with Crippen LogP contribution in [0.25, 0.3) is 0 Å². The molecule has 1 aromatic rings. The Morgan fingerprint density at radius 3 is 2.20 bits per heavy atom. The largest absolute Gasteiger partial charge is 0.310 e. The van der Waals surface area contributed by atoms with E-state index >= 15 is 0 Å². The number of carbonyl (C=O) groups excluding carboxylic acids is 1. The molecule has 0 N–H and O–H groups in total. The van der Waals surface area contributed by atoms with Crippen molar-refractivity contribution in [3.8, 4) is 0 Å². The molecule has 2 saturated heterocycles. The van der Waals surface area contributed by atoms with Crippen LogP contribution in [0.5, 0.6) is 0 Å². The zero-order chi connectivity index (χ0) is 18.1. The molecule has 0 saturated carbocycles. The average molecular weight is 345 g/mol. The molecule has 3 rings (SSSR count). The van der Waals surface area contributed by atoms with Crippen molar-refractivity contribution in [1.29, 1.82) is 0 Å². The van der Waals surface area contributed by atoms with Crippen LogP contribution in [0, 0.1) is 20.8 Å². The van der Waals surface area contributed by atoms with Gasteiger partial charge in [-0.1, -0.05) is 17.7 Å². The molecule has 0 radical (unpaired) electrons. The minimum absolute atomic E-state index is 0.0360. The van der Waals surface area contributed by atoms with Crippen molar-refractivity contribution in [3.63, 3.8) is 0 Å². The first kappa shape index (κ1) is 18.4. The Bertz CT molecular complexity index is 615. The number of hydroxylamine groups is 2. The van der Waals surface area contributed by atoms with Gasteiger partial charge in [-0.3, -0.25) is 9.69 Å². The first-order chi connectivity index (χ1) is 11.9. The van der Waals surface area contributed by atoms with E-state index in [-0.39, 0.29) is 11.9 Å². The van der Waals surface area contributed by atoms with Gasteiger partial charge in [-0.2, -0.15) is 5.06 Å². The second kappa shape index (κ2) is 7.44. The third-order valence-electron chi connectivity index (χ3n) is 5.82. The summed E-state index contributed by atoms with van der Waals surface area (Å²) in [6, 6.07) is 4.84. The smallest absolute Gasteiger partial charge is 0.244 e. The van der Waals surface area contributed by atoms with Crippen LogP contribution in [0.1, 0.15) is 36.0 Å². The van der Waals surface area contributed by atoms with Crippen molar-refractivity contribution in [3.05, 3.63) is 28.8 Å². The third kappa shape index (κ3) is 3.59. The fourth-order valence-electron chi connectivity index (χ4n) is 4.53. The average Bonchev–Trinajstić information content (AvgIpc) is 2.95. The number of anilines is 1. The lowest BCUT2D eigenvalue weighted by molar-refractivity contribution is -0.153. The van der Waals surface area contributed by atoms with Crippen LogP contribution in [-0.2, 0) is 9.63 Å². The van der Waals surface area contributed by atoms with Gasteiger partial charge < -0.3 is 9.74 Å². The number of nitrogens with zero attached hydrogens (tertiary/aromatic N) is 3. The molecular weight excluding hydrogens is 314 g/mol. The Kier molecular flexibility index (Phi) is 5.46. The van der Waals surface area contributed by atoms with Gasteiger partial charge in [-0.15, -0.1) is 0 Å². The summed E-state index contributed by atoms with van der Waals surface area (Å²) in [5.74, 6) is 0.272. The van der Waals surface area contributed by atoms with E-state index in [9.17, 15) is 4.79 Å². The lowest BCUT2D eigenvalue weighted by atomic mass is 10.0. The van der Waals surface area contributed by atoms with Gasteiger partial charge in [0.1, 0.15) is 0 Å². The highest BCUT2D eigenvalue weighted by Crippen LogP contribution is 2.32. The van der Waals surface area contributed by atoms with E-state index in [1.165, 1.54) is 16.7 Å². The summed E-state index contributed by atoms with van der Waals surface area (Å²) in [7, 11) is 3.71. The van der Waals surface area contributed by atoms with E-state index in [2.05, 4.69) is 37.8 Å². The molecule has 2 aliphatic rings. The second-order valence-corrected chi connectivity index (χ2v) is 7.54. The van der Waals surface area contributed by atoms with Crippen molar-refractivity contribution < 1.29 is 9.63 Å². The van der Waals surface area contributed by atoms with Gasteiger partial charge in [0.25, 0.3) is 0 Å². The summed E-state index contributed by atoms with van der Waals surface area (Å²) in [5.41, 5.74) is 4.78. The number of rotatable bonds is 4. The molecule has 25 heavy (non-hydrogen) atoms. The molecule has 5 heteroatoms. The number of hydrogen-bond acceptors (Lipinski definition) is 4.